The number of benzene rings is 1. The zero-order valence-electron chi connectivity index (χ0n) is 12.1. The Kier molecular flexibility index (Phi) is 4.83. The van der Waals surface area contributed by atoms with Gasteiger partial charge in [0.15, 0.2) is 0 Å². The van der Waals surface area contributed by atoms with Gasteiger partial charge in [-0.1, -0.05) is 25.5 Å². The average molecular weight is 297 g/mol. The molecule has 1 aliphatic rings. The van der Waals surface area contributed by atoms with Gasteiger partial charge in [0.1, 0.15) is 0 Å². The van der Waals surface area contributed by atoms with Gasteiger partial charge in [0.05, 0.1) is 11.0 Å². The molecule has 4 nitrogen and oxygen atoms in total. The molecular weight excluding hydrogens is 274 g/mol. The van der Waals surface area contributed by atoms with Crippen molar-refractivity contribution in [2.45, 2.75) is 44.1 Å². The fourth-order valence-corrected chi connectivity index (χ4v) is 4.26. The zero-order chi connectivity index (χ0) is 14.8. The van der Waals surface area contributed by atoms with Gasteiger partial charge in [0, 0.05) is 13.1 Å². The molecule has 2 unspecified atom stereocenters. The van der Waals surface area contributed by atoms with E-state index < -0.39 is 16.1 Å². The topological polar surface area (TPSA) is 57.6 Å². The Morgan fingerprint density at radius 3 is 2.55 bits per heavy atom. The summed E-state index contributed by atoms with van der Waals surface area (Å²) in [6.45, 7) is 5.05. The first-order valence-electron chi connectivity index (χ1n) is 7.23. The van der Waals surface area contributed by atoms with E-state index in [9.17, 15) is 13.5 Å². The van der Waals surface area contributed by atoms with E-state index in [-0.39, 0.29) is 0 Å². The highest BCUT2D eigenvalue weighted by Crippen LogP contribution is 2.27. The lowest BCUT2D eigenvalue weighted by atomic mass is 10.0. The first-order chi connectivity index (χ1) is 9.45. The van der Waals surface area contributed by atoms with E-state index >= 15 is 0 Å². The molecule has 20 heavy (non-hydrogen) atoms. The molecule has 1 aliphatic heterocycles. The van der Waals surface area contributed by atoms with Crippen LogP contribution in [0.2, 0.25) is 0 Å². The fraction of sp³-hybridized carbons (Fsp3) is 0.600. The summed E-state index contributed by atoms with van der Waals surface area (Å²) >= 11 is 0. The van der Waals surface area contributed by atoms with Gasteiger partial charge in [0.25, 0.3) is 0 Å². The first-order valence-corrected chi connectivity index (χ1v) is 8.67. The Labute approximate surface area is 121 Å². The number of aliphatic hydroxyl groups is 1. The molecule has 0 bridgehead atoms. The van der Waals surface area contributed by atoms with Crippen molar-refractivity contribution < 1.29 is 13.5 Å². The average Bonchev–Trinajstić information content (AvgIpc) is 2.88. The highest BCUT2D eigenvalue weighted by molar-refractivity contribution is 7.89. The third-order valence-corrected chi connectivity index (χ3v) is 5.83. The van der Waals surface area contributed by atoms with E-state index in [1.54, 1.807) is 35.5 Å². The van der Waals surface area contributed by atoms with E-state index in [1.165, 1.54) is 0 Å². The number of rotatable bonds is 5. The second kappa shape index (κ2) is 6.24. The normalized spacial score (nSPS) is 22.1. The van der Waals surface area contributed by atoms with Crippen LogP contribution >= 0.6 is 0 Å². The van der Waals surface area contributed by atoms with Gasteiger partial charge in [-0.3, -0.25) is 0 Å². The molecule has 0 aromatic heterocycles. The summed E-state index contributed by atoms with van der Waals surface area (Å²) in [4.78, 5) is 0.319. The van der Waals surface area contributed by atoms with Crippen LogP contribution in [0.5, 0.6) is 0 Å². The van der Waals surface area contributed by atoms with E-state index in [0.29, 0.717) is 23.9 Å². The van der Waals surface area contributed by atoms with E-state index in [0.717, 1.165) is 24.8 Å². The molecule has 0 radical (unpaired) electrons. The molecule has 0 aliphatic carbocycles. The van der Waals surface area contributed by atoms with Crippen molar-refractivity contribution in [1.29, 1.82) is 0 Å². The Balaban J connectivity index is 2.14. The largest absolute Gasteiger partial charge is 0.389 e. The van der Waals surface area contributed by atoms with Crippen LogP contribution in [0.1, 0.15) is 44.8 Å². The molecule has 0 saturated carbocycles. The Morgan fingerprint density at radius 1 is 1.35 bits per heavy atom. The maximum atomic E-state index is 12.5. The van der Waals surface area contributed by atoms with Gasteiger partial charge in [0.2, 0.25) is 10.0 Å². The van der Waals surface area contributed by atoms with Gasteiger partial charge in [-0.15, -0.1) is 0 Å². The SMILES string of the molecule is CCCC1CCN(S(=O)(=O)c2ccc(C(C)O)cc2)C1. The molecule has 2 atom stereocenters. The van der Waals surface area contributed by atoms with Gasteiger partial charge in [-0.05, 0) is 43.4 Å². The maximum Gasteiger partial charge on any atom is 0.243 e. The highest BCUT2D eigenvalue weighted by Gasteiger charge is 2.31. The van der Waals surface area contributed by atoms with Gasteiger partial charge in [-0.25, -0.2) is 8.42 Å². The molecule has 0 amide bonds. The van der Waals surface area contributed by atoms with Crippen molar-refractivity contribution in [1.82, 2.24) is 4.31 Å². The van der Waals surface area contributed by atoms with Crippen molar-refractivity contribution in [2.75, 3.05) is 13.1 Å². The predicted octanol–water partition coefficient (Wildman–Crippen LogP) is 2.55. The summed E-state index contributed by atoms with van der Waals surface area (Å²) in [6.07, 6.45) is 2.57. The van der Waals surface area contributed by atoms with E-state index in [4.69, 9.17) is 0 Å². The summed E-state index contributed by atoms with van der Waals surface area (Å²) in [7, 11) is -3.38. The third-order valence-electron chi connectivity index (χ3n) is 3.95. The van der Waals surface area contributed by atoms with Crippen LogP contribution < -0.4 is 0 Å². The van der Waals surface area contributed by atoms with Crippen LogP contribution in [0.3, 0.4) is 0 Å². The van der Waals surface area contributed by atoms with Crippen molar-refractivity contribution in [3.8, 4) is 0 Å². The summed E-state index contributed by atoms with van der Waals surface area (Å²) in [5.74, 6) is 0.492. The van der Waals surface area contributed by atoms with E-state index in [1.807, 2.05) is 0 Å². The second-order valence-electron chi connectivity index (χ2n) is 5.55. The molecule has 2 rings (SSSR count). The number of hydrogen-bond acceptors (Lipinski definition) is 3. The van der Waals surface area contributed by atoms with Crippen LogP contribution in [0, 0.1) is 5.92 Å². The number of nitrogens with zero attached hydrogens (tertiary/aromatic N) is 1. The fourth-order valence-electron chi connectivity index (χ4n) is 2.73. The van der Waals surface area contributed by atoms with Gasteiger partial charge in [-0.2, -0.15) is 4.31 Å². The van der Waals surface area contributed by atoms with Crippen LogP contribution in [0.25, 0.3) is 0 Å². The lowest BCUT2D eigenvalue weighted by molar-refractivity contribution is 0.199. The molecule has 0 spiro atoms. The van der Waals surface area contributed by atoms with Crippen LogP contribution in [-0.4, -0.2) is 30.9 Å². The van der Waals surface area contributed by atoms with Crippen LogP contribution in [-0.2, 0) is 10.0 Å². The highest BCUT2D eigenvalue weighted by atomic mass is 32.2. The van der Waals surface area contributed by atoms with Crippen molar-refractivity contribution >= 4 is 10.0 Å². The monoisotopic (exact) mass is 297 g/mol. The summed E-state index contributed by atoms with van der Waals surface area (Å²) in [5, 5.41) is 9.46. The smallest absolute Gasteiger partial charge is 0.243 e. The summed E-state index contributed by atoms with van der Waals surface area (Å²) < 4.78 is 26.6. The summed E-state index contributed by atoms with van der Waals surface area (Å²) in [6, 6.07) is 6.53. The first kappa shape index (κ1) is 15.5. The molecule has 1 fully saturated rings. The molecule has 1 heterocycles. The molecule has 1 aromatic rings. The minimum Gasteiger partial charge on any atom is -0.389 e. The Morgan fingerprint density at radius 2 is 2.00 bits per heavy atom. The van der Waals surface area contributed by atoms with Gasteiger partial charge >= 0.3 is 0 Å². The minimum atomic E-state index is -3.38. The molecular formula is C15H23NO3S. The molecule has 112 valence electrons. The van der Waals surface area contributed by atoms with Crippen LogP contribution in [0.4, 0.5) is 0 Å². The predicted molar refractivity (Wildman–Crippen MR) is 78.8 cm³/mol. The lowest BCUT2D eigenvalue weighted by Crippen LogP contribution is -2.28. The molecule has 1 N–H and O–H groups in total. The minimum absolute atomic E-state index is 0.319. The zero-order valence-corrected chi connectivity index (χ0v) is 12.9. The lowest BCUT2D eigenvalue weighted by Gasteiger charge is -2.17. The molecule has 1 aromatic carbocycles. The number of hydrogen-bond donors (Lipinski definition) is 1. The summed E-state index contributed by atoms with van der Waals surface area (Å²) in [5.41, 5.74) is 0.731. The maximum absolute atomic E-state index is 12.5. The van der Waals surface area contributed by atoms with Crippen molar-refractivity contribution in [2.24, 2.45) is 5.92 Å². The molecule has 5 heteroatoms. The number of sulfonamides is 1. The second-order valence-corrected chi connectivity index (χ2v) is 7.49. The van der Waals surface area contributed by atoms with Crippen LogP contribution in [0.15, 0.2) is 29.2 Å². The van der Waals surface area contributed by atoms with Crippen molar-refractivity contribution in [3.63, 3.8) is 0 Å². The molecule has 1 saturated heterocycles. The number of aliphatic hydroxyl groups excluding tert-OH is 1. The third kappa shape index (κ3) is 3.22. The standard InChI is InChI=1S/C15H23NO3S/c1-3-4-13-9-10-16(11-13)20(18,19)15-7-5-14(6-8-15)12(2)17/h5-8,12-13,17H,3-4,9-11H2,1-2H3. The van der Waals surface area contributed by atoms with E-state index in [2.05, 4.69) is 6.92 Å². The Hall–Kier alpha value is -0.910. The van der Waals surface area contributed by atoms with Gasteiger partial charge < -0.3 is 5.11 Å². The van der Waals surface area contributed by atoms with Crippen molar-refractivity contribution in [3.05, 3.63) is 29.8 Å². The Bertz CT molecular complexity index is 537. The quantitative estimate of drug-likeness (QED) is 0.908.